The molecule has 2 aromatic heterocycles. The Balaban J connectivity index is 1.31. The highest BCUT2D eigenvalue weighted by Gasteiger charge is 2.23. The van der Waals surface area contributed by atoms with Crippen molar-refractivity contribution in [2.24, 2.45) is 0 Å². The molecule has 0 spiro atoms. The van der Waals surface area contributed by atoms with Crippen molar-refractivity contribution in [1.82, 2.24) is 25.1 Å². The molecule has 0 unspecified atom stereocenters. The molecule has 1 aromatic carbocycles. The van der Waals surface area contributed by atoms with E-state index in [1.165, 1.54) is 17.0 Å². The molecule has 0 atom stereocenters. The summed E-state index contributed by atoms with van der Waals surface area (Å²) in [5.41, 5.74) is 4.87. The Labute approximate surface area is 160 Å². The zero-order valence-corrected chi connectivity index (χ0v) is 15.9. The lowest BCUT2D eigenvalue weighted by Gasteiger charge is -2.30. The molecule has 1 saturated heterocycles. The zero-order valence-electron chi connectivity index (χ0n) is 15.9. The highest BCUT2D eigenvalue weighted by atomic mass is 15.2. The van der Waals surface area contributed by atoms with Gasteiger partial charge in [0.15, 0.2) is 0 Å². The van der Waals surface area contributed by atoms with Gasteiger partial charge in [0.25, 0.3) is 0 Å². The van der Waals surface area contributed by atoms with Crippen LogP contribution in [0.5, 0.6) is 0 Å². The Hall–Kier alpha value is -2.53. The number of aromatic amines is 1. The third-order valence-electron chi connectivity index (χ3n) is 5.36. The van der Waals surface area contributed by atoms with Gasteiger partial charge in [0.1, 0.15) is 5.82 Å². The number of H-pyrrole nitrogens is 1. The molecule has 1 N–H and O–H groups in total. The molecule has 3 aromatic rings. The van der Waals surface area contributed by atoms with Crippen molar-refractivity contribution in [3.63, 3.8) is 0 Å². The lowest BCUT2D eigenvalue weighted by molar-refractivity contribution is 0.201. The maximum absolute atomic E-state index is 4.64. The van der Waals surface area contributed by atoms with Crippen LogP contribution in [-0.2, 0) is 19.4 Å². The van der Waals surface area contributed by atoms with Crippen LogP contribution in [0.15, 0.2) is 48.7 Å². The molecule has 0 bridgehead atoms. The quantitative estimate of drug-likeness (QED) is 0.727. The summed E-state index contributed by atoms with van der Waals surface area (Å²) in [5.74, 6) is 1.49. The molecule has 1 aliphatic rings. The molecular formula is C22H27N5. The van der Waals surface area contributed by atoms with Crippen LogP contribution in [-0.4, -0.2) is 38.2 Å². The first-order valence-corrected chi connectivity index (χ1v) is 9.91. The molecule has 0 radical (unpaired) electrons. The summed E-state index contributed by atoms with van der Waals surface area (Å²) >= 11 is 0. The second-order valence-electron chi connectivity index (χ2n) is 7.35. The van der Waals surface area contributed by atoms with Gasteiger partial charge in [-0.3, -0.25) is 10.00 Å². The molecule has 3 heterocycles. The Kier molecular flexibility index (Phi) is 5.58. The predicted molar refractivity (Wildman–Crippen MR) is 106 cm³/mol. The molecule has 0 saturated carbocycles. The molecule has 5 heteroatoms. The Morgan fingerprint density at radius 2 is 1.93 bits per heavy atom. The van der Waals surface area contributed by atoms with E-state index in [-0.39, 0.29) is 0 Å². The highest BCUT2D eigenvalue weighted by molar-refractivity contribution is 5.23. The second-order valence-corrected chi connectivity index (χ2v) is 7.35. The number of aryl methyl sites for hydroxylation is 1. The average molecular weight is 361 g/mol. The first kappa shape index (κ1) is 17.9. The van der Waals surface area contributed by atoms with Crippen LogP contribution in [0.1, 0.15) is 54.2 Å². The van der Waals surface area contributed by atoms with Crippen LogP contribution in [0.2, 0.25) is 0 Å². The number of piperidine rings is 1. The number of nitrogens with one attached hydrogen (secondary N) is 1. The topological polar surface area (TPSA) is 57.7 Å². The lowest BCUT2D eigenvalue weighted by Crippen LogP contribution is -2.33. The lowest BCUT2D eigenvalue weighted by atomic mass is 9.93. The number of hydrogen-bond donors (Lipinski definition) is 1. The van der Waals surface area contributed by atoms with Crippen molar-refractivity contribution in [3.05, 3.63) is 77.1 Å². The first-order chi connectivity index (χ1) is 13.3. The minimum Gasteiger partial charge on any atom is -0.297 e. The van der Waals surface area contributed by atoms with Crippen LogP contribution in [0.4, 0.5) is 0 Å². The minimum atomic E-state index is 0.554. The highest BCUT2D eigenvalue weighted by Crippen LogP contribution is 2.28. The molecule has 0 aliphatic carbocycles. The molecule has 4 rings (SSSR count). The molecule has 140 valence electrons. The standard InChI is InChI=1S/C22H27N5/c1-2-22-23-11-8-19(24-22)16-27-12-9-18(10-13-27)21-15-20(25-26-21)14-17-6-4-3-5-7-17/h3-8,11,15,18H,2,9-10,12-14,16H2,1H3,(H,25,26). The smallest absolute Gasteiger partial charge is 0.128 e. The van der Waals surface area contributed by atoms with E-state index in [1.807, 2.05) is 12.3 Å². The second kappa shape index (κ2) is 8.44. The zero-order chi connectivity index (χ0) is 18.5. The largest absolute Gasteiger partial charge is 0.297 e. The van der Waals surface area contributed by atoms with Gasteiger partial charge >= 0.3 is 0 Å². The van der Waals surface area contributed by atoms with Crippen molar-refractivity contribution in [3.8, 4) is 0 Å². The van der Waals surface area contributed by atoms with E-state index in [0.717, 1.165) is 56.8 Å². The van der Waals surface area contributed by atoms with E-state index in [9.17, 15) is 0 Å². The number of hydrogen-bond acceptors (Lipinski definition) is 4. The Bertz CT molecular complexity index is 850. The van der Waals surface area contributed by atoms with Gasteiger partial charge in [0.2, 0.25) is 0 Å². The third kappa shape index (κ3) is 4.61. The van der Waals surface area contributed by atoms with E-state index in [1.54, 1.807) is 0 Å². The van der Waals surface area contributed by atoms with Gasteiger partial charge < -0.3 is 0 Å². The summed E-state index contributed by atoms with van der Waals surface area (Å²) < 4.78 is 0. The fourth-order valence-electron chi connectivity index (χ4n) is 3.81. The molecule has 1 aliphatic heterocycles. The van der Waals surface area contributed by atoms with Crippen molar-refractivity contribution in [1.29, 1.82) is 0 Å². The van der Waals surface area contributed by atoms with Crippen molar-refractivity contribution >= 4 is 0 Å². The van der Waals surface area contributed by atoms with Gasteiger partial charge in [-0.2, -0.15) is 5.10 Å². The van der Waals surface area contributed by atoms with Crippen LogP contribution in [0.25, 0.3) is 0 Å². The molecule has 0 amide bonds. The van der Waals surface area contributed by atoms with E-state index in [4.69, 9.17) is 0 Å². The van der Waals surface area contributed by atoms with E-state index < -0.39 is 0 Å². The maximum Gasteiger partial charge on any atom is 0.128 e. The van der Waals surface area contributed by atoms with Crippen LogP contribution in [0.3, 0.4) is 0 Å². The predicted octanol–water partition coefficient (Wildman–Crippen LogP) is 3.73. The summed E-state index contributed by atoms with van der Waals surface area (Å²) in [5, 5.41) is 7.84. The van der Waals surface area contributed by atoms with E-state index >= 15 is 0 Å². The van der Waals surface area contributed by atoms with Gasteiger partial charge in [-0.25, -0.2) is 9.97 Å². The number of likely N-dealkylation sites (tertiary alicyclic amines) is 1. The number of nitrogens with zero attached hydrogens (tertiary/aromatic N) is 4. The number of rotatable bonds is 6. The first-order valence-electron chi connectivity index (χ1n) is 9.91. The maximum atomic E-state index is 4.64. The molecular weight excluding hydrogens is 334 g/mol. The van der Waals surface area contributed by atoms with Crippen LogP contribution >= 0.6 is 0 Å². The Morgan fingerprint density at radius 1 is 1.11 bits per heavy atom. The summed E-state index contributed by atoms with van der Waals surface area (Å²) in [6.07, 6.45) is 6.00. The van der Waals surface area contributed by atoms with Gasteiger partial charge in [0, 0.05) is 37.2 Å². The van der Waals surface area contributed by atoms with Gasteiger partial charge in [-0.15, -0.1) is 0 Å². The summed E-state index contributed by atoms with van der Waals surface area (Å²) in [6.45, 7) is 5.20. The summed E-state index contributed by atoms with van der Waals surface area (Å²) in [7, 11) is 0. The molecule has 27 heavy (non-hydrogen) atoms. The molecule has 5 nitrogen and oxygen atoms in total. The number of benzene rings is 1. The monoisotopic (exact) mass is 361 g/mol. The van der Waals surface area contributed by atoms with Gasteiger partial charge in [-0.05, 0) is 43.6 Å². The van der Waals surface area contributed by atoms with Gasteiger partial charge in [-0.1, -0.05) is 37.3 Å². The third-order valence-corrected chi connectivity index (χ3v) is 5.36. The van der Waals surface area contributed by atoms with Crippen molar-refractivity contribution in [2.45, 2.75) is 45.1 Å². The Morgan fingerprint density at radius 3 is 2.70 bits per heavy atom. The normalized spacial score (nSPS) is 15.9. The van der Waals surface area contributed by atoms with E-state index in [0.29, 0.717) is 5.92 Å². The summed E-state index contributed by atoms with van der Waals surface area (Å²) in [6, 6.07) is 14.8. The van der Waals surface area contributed by atoms with Crippen molar-refractivity contribution in [2.75, 3.05) is 13.1 Å². The fraction of sp³-hybridized carbons (Fsp3) is 0.409. The molecule has 1 fully saturated rings. The van der Waals surface area contributed by atoms with Crippen LogP contribution < -0.4 is 0 Å². The van der Waals surface area contributed by atoms with E-state index in [2.05, 4.69) is 68.4 Å². The SMILES string of the molecule is CCc1nccc(CN2CCC(c3cc(Cc4ccccc4)[nH]n3)CC2)n1. The number of aromatic nitrogens is 4. The van der Waals surface area contributed by atoms with Crippen molar-refractivity contribution < 1.29 is 0 Å². The summed E-state index contributed by atoms with van der Waals surface area (Å²) in [4.78, 5) is 11.4. The average Bonchev–Trinajstić information content (AvgIpc) is 3.18. The van der Waals surface area contributed by atoms with Gasteiger partial charge in [0.05, 0.1) is 11.4 Å². The minimum absolute atomic E-state index is 0.554. The van der Waals surface area contributed by atoms with Crippen LogP contribution in [0, 0.1) is 0 Å². The fourth-order valence-corrected chi connectivity index (χ4v) is 3.81.